The van der Waals surface area contributed by atoms with E-state index in [4.69, 9.17) is 0 Å². The average molecular weight is 613 g/mol. The fourth-order valence-corrected chi connectivity index (χ4v) is 7.20. The number of rotatable bonds is 11. The monoisotopic (exact) mass is 612 g/mol. The van der Waals surface area contributed by atoms with Crippen LogP contribution in [0.2, 0.25) is 0 Å². The molecule has 4 aromatic carbocycles. The van der Waals surface area contributed by atoms with Gasteiger partial charge in [0.25, 0.3) is 0 Å². The van der Waals surface area contributed by atoms with Crippen LogP contribution in [0.1, 0.15) is 42.6 Å². The molecule has 0 saturated heterocycles. The van der Waals surface area contributed by atoms with Crippen LogP contribution in [-0.2, 0) is 20.6 Å². The molecule has 5 rings (SSSR count). The average Bonchev–Trinajstić information content (AvgIpc) is 3.04. The van der Waals surface area contributed by atoms with Gasteiger partial charge >= 0.3 is 13.6 Å². The molecule has 0 radical (unpaired) electrons. The minimum atomic E-state index is -4.85. The summed E-state index contributed by atoms with van der Waals surface area (Å²) >= 11 is 0. The summed E-state index contributed by atoms with van der Waals surface area (Å²) in [5.74, 6) is -3.04. The zero-order valence-electron chi connectivity index (χ0n) is 24.3. The van der Waals surface area contributed by atoms with Gasteiger partial charge in [0, 0.05) is 18.2 Å². The molecule has 1 saturated carbocycles. The highest BCUT2D eigenvalue weighted by molar-refractivity contribution is 7.52. The molecule has 0 bridgehead atoms. The highest BCUT2D eigenvalue weighted by Gasteiger charge is 2.42. The topological polar surface area (TPSA) is 127 Å². The third-order valence-corrected chi connectivity index (χ3v) is 9.47. The van der Waals surface area contributed by atoms with Crippen molar-refractivity contribution in [3.05, 3.63) is 126 Å². The van der Waals surface area contributed by atoms with E-state index in [2.05, 4.69) is 5.32 Å². The molecule has 1 aliphatic rings. The number of amides is 1. The van der Waals surface area contributed by atoms with E-state index in [-0.39, 0.29) is 18.4 Å². The molecule has 0 aromatic heterocycles. The number of hydrogen-bond acceptors (Lipinski definition) is 4. The second kappa shape index (κ2) is 14.0. The summed E-state index contributed by atoms with van der Waals surface area (Å²) in [5.41, 5.74) is 3.80. The predicted octanol–water partition coefficient (Wildman–Crippen LogP) is 6.41. The first-order valence-corrected chi connectivity index (χ1v) is 16.5. The van der Waals surface area contributed by atoms with Crippen molar-refractivity contribution in [2.24, 2.45) is 5.92 Å². The van der Waals surface area contributed by atoms with Crippen LogP contribution in [0.25, 0.3) is 11.1 Å². The molecule has 4 N–H and O–H groups in total. The van der Waals surface area contributed by atoms with E-state index in [1.165, 1.54) is 0 Å². The minimum absolute atomic E-state index is 0.184. The molecule has 228 valence electrons. The Kier molecular flexibility index (Phi) is 9.95. The van der Waals surface area contributed by atoms with Gasteiger partial charge in [-0.15, -0.1) is 0 Å². The van der Waals surface area contributed by atoms with Gasteiger partial charge in [0.15, 0.2) is 5.78 Å². The van der Waals surface area contributed by atoms with E-state index in [1.54, 1.807) is 59.5 Å². The number of nitrogens with one attached hydrogen (secondary N) is 1. The van der Waals surface area contributed by atoms with E-state index in [0.717, 1.165) is 16.7 Å². The molecule has 1 fully saturated rings. The number of para-hydroxylation sites is 1. The van der Waals surface area contributed by atoms with Crippen LogP contribution in [-0.4, -0.2) is 38.9 Å². The van der Waals surface area contributed by atoms with Gasteiger partial charge < -0.3 is 25.1 Å². The first-order valence-electron chi connectivity index (χ1n) is 14.8. The Labute approximate surface area is 257 Å². The molecule has 1 unspecified atom stereocenters. The SMILES string of the molecule is O=C(O)C1CCC(NC(=O)[C@H](Cc2ccc(-c3ccccc3)cc2)N(c2ccccc2)C(c2ccccc2)P(=O)(O)O)CC1. The van der Waals surface area contributed by atoms with Gasteiger partial charge in [0.2, 0.25) is 5.91 Å². The molecule has 2 atom stereocenters. The van der Waals surface area contributed by atoms with Crippen molar-refractivity contribution in [3.63, 3.8) is 0 Å². The highest BCUT2D eigenvalue weighted by Crippen LogP contribution is 2.55. The van der Waals surface area contributed by atoms with Crippen LogP contribution in [0, 0.1) is 5.92 Å². The second-order valence-corrected chi connectivity index (χ2v) is 13.0. The molecule has 0 aliphatic heterocycles. The van der Waals surface area contributed by atoms with Gasteiger partial charge in [0.05, 0.1) is 5.92 Å². The zero-order chi connectivity index (χ0) is 31.1. The van der Waals surface area contributed by atoms with Crippen molar-refractivity contribution in [3.8, 4) is 11.1 Å². The standard InChI is InChI=1S/C35H37N2O6P/c38-33(36-30-22-20-29(21-23-30)35(39)40)32(24-25-16-18-27(19-17-25)26-10-4-1-5-11-26)37(31-14-8-3-9-15-31)34(44(41,42)43)28-12-6-2-7-13-28/h1-19,29-30,32,34H,20-24H2,(H,36,38)(H,39,40)(H2,41,42,43)/t29?,30?,32-,34?/m0/s1. The van der Waals surface area contributed by atoms with Crippen LogP contribution in [0.15, 0.2) is 115 Å². The first kappa shape index (κ1) is 31.2. The molecule has 8 nitrogen and oxygen atoms in total. The Bertz CT molecular complexity index is 1570. The van der Waals surface area contributed by atoms with Gasteiger partial charge in [-0.2, -0.15) is 0 Å². The molecule has 1 amide bonds. The summed E-state index contributed by atoms with van der Waals surface area (Å²) in [4.78, 5) is 48.9. The minimum Gasteiger partial charge on any atom is -0.481 e. The summed E-state index contributed by atoms with van der Waals surface area (Å²) < 4.78 is 13.3. The number of carboxylic acid groups (broad SMARTS) is 1. The van der Waals surface area contributed by atoms with Gasteiger partial charge in [-0.25, -0.2) is 0 Å². The quantitative estimate of drug-likeness (QED) is 0.144. The fourth-order valence-electron chi connectivity index (χ4n) is 6.02. The van der Waals surface area contributed by atoms with Crippen LogP contribution >= 0.6 is 7.60 Å². The Morgan fingerprint density at radius 3 is 1.82 bits per heavy atom. The lowest BCUT2D eigenvalue weighted by atomic mass is 9.86. The van der Waals surface area contributed by atoms with Crippen molar-refractivity contribution in [2.45, 2.75) is 50.0 Å². The van der Waals surface area contributed by atoms with Crippen molar-refractivity contribution >= 4 is 25.2 Å². The molecule has 1 aliphatic carbocycles. The lowest BCUT2D eigenvalue weighted by Crippen LogP contribution is -2.52. The predicted molar refractivity (Wildman–Crippen MR) is 171 cm³/mol. The summed E-state index contributed by atoms with van der Waals surface area (Å²) in [6.45, 7) is 0. The Morgan fingerprint density at radius 2 is 1.27 bits per heavy atom. The van der Waals surface area contributed by atoms with Gasteiger partial charge in [-0.05, 0) is 60.1 Å². The summed E-state index contributed by atoms with van der Waals surface area (Å²) in [7, 11) is -4.85. The second-order valence-electron chi connectivity index (χ2n) is 11.3. The van der Waals surface area contributed by atoms with E-state index >= 15 is 0 Å². The molecular weight excluding hydrogens is 575 g/mol. The number of nitrogens with zero attached hydrogens (tertiary/aromatic N) is 1. The number of carboxylic acids is 1. The smallest absolute Gasteiger partial charge is 0.352 e. The Hall–Kier alpha value is -4.23. The Morgan fingerprint density at radius 1 is 0.750 bits per heavy atom. The Balaban J connectivity index is 1.54. The third-order valence-electron chi connectivity index (χ3n) is 8.29. The number of anilines is 1. The van der Waals surface area contributed by atoms with Crippen molar-refractivity contribution in [2.75, 3.05) is 4.90 Å². The molecule has 9 heteroatoms. The number of carbonyl (C=O) groups excluding carboxylic acids is 1. The van der Waals surface area contributed by atoms with Gasteiger partial charge in [-0.3, -0.25) is 14.2 Å². The van der Waals surface area contributed by atoms with Crippen LogP contribution < -0.4 is 10.2 Å². The maximum Gasteiger partial charge on any atom is 0.352 e. The highest BCUT2D eigenvalue weighted by atomic mass is 31.2. The third kappa shape index (κ3) is 7.64. The molecule has 4 aromatic rings. The van der Waals surface area contributed by atoms with Crippen molar-refractivity contribution < 1.29 is 29.0 Å². The molecule has 44 heavy (non-hydrogen) atoms. The largest absolute Gasteiger partial charge is 0.481 e. The zero-order valence-corrected chi connectivity index (χ0v) is 25.2. The van der Waals surface area contributed by atoms with E-state index in [0.29, 0.717) is 36.9 Å². The summed E-state index contributed by atoms with van der Waals surface area (Å²) in [6, 6.07) is 34.0. The fraction of sp³-hybridized carbons (Fsp3) is 0.257. The van der Waals surface area contributed by atoms with Crippen molar-refractivity contribution in [1.82, 2.24) is 5.32 Å². The van der Waals surface area contributed by atoms with Crippen molar-refractivity contribution in [1.29, 1.82) is 0 Å². The molecule has 0 heterocycles. The van der Waals surface area contributed by atoms with Gasteiger partial charge in [0.1, 0.15) is 6.04 Å². The first-order chi connectivity index (χ1) is 21.2. The lowest BCUT2D eigenvalue weighted by Gasteiger charge is -2.40. The summed E-state index contributed by atoms with van der Waals surface area (Å²) in [5, 5.41) is 12.5. The lowest BCUT2D eigenvalue weighted by molar-refractivity contribution is -0.142. The van der Waals surface area contributed by atoms with E-state index in [1.807, 2.05) is 60.7 Å². The maximum atomic E-state index is 14.3. The number of hydrogen-bond donors (Lipinski definition) is 4. The summed E-state index contributed by atoms with van der Waals surface area (Å²) in [6.07, 6.45) is 2.15. The van der Waals surface area contributed by atoms with Crippen LogP contribution in [0.4, 0.5) is 5.69 Å². The van der Waals surface area contributed by atoms with E-state index in [9.17, 15) is 29.0 Å². The molecule has 0 spiro atoms. The van der Waals surface area contributed by atoms with Gasteiger partial charge in [-0.1, -0.05) is 103 Å². The number of aliphatic carboxylic acids is 1. The van der Waals surface area contributed by atoms with Crippen LogP contribution in [0.5, 0.6) is 0 Å². The van der Waals surface area contributed by atoms with Crippen LogP contribution in [0.3, 0.4) is 0 Å². The number of benzene rings is 4. The maximum absolute atomic E-state index is 14.3. The molecular formula is C35H37N2O6P. The van der Waals surface area contributed by atoms with E-state index < -0.39 is 31.3 Å². The number of carbonyl (C=O) groups is 2. The normalized spacial score (nSPS) is 18.1.